The van der Waals surface area contributed by atoms with Crippen molar-refractivity contribution in [2.24, 2.45) is 0 Å². The fourth-order valence-electron chi connectivity index (χ4n) is 6.62. The zero-order valence-electron chi connectivity index (χ0n) is 27.7. The van der Waals surface area contributed by atoms with Gasteiger partial charge in [-0.2, -0.15) is 0 Å². The molecule has 7 heteroatoms. The van der Waals surface area contributed by atoms with Gasteiger partial charge in [-0.3, -0.25) is 0 Å². The Morgan fingerprint density at radius 3 is 0.830 bits per heavy atom. The molecule has 0 unspecified atom stereocenters. The van der Waals surface area contributed by atoms with E-state index in [2.05, 4.69) is 233 Å². The van der Waals surface area contributed by atoms with Gasteiger partial charge in [0, 0.05) is 0 Å². The summed E-state index contributed by atoms with van der Waals surface area (Å²) < 4.78 is 9.25. The fraction of sp³-hybridized carbons (Fsp3) is 0.150. The molecule has 0 heterocycles. The van der Waals surface area contributed by atoms with Gasteiger partial charge in [-0.05, 0) is 0 Å². The summed E-state index contributed by atoms with van der Waals surface area (Å²) in [6.07, 6.45) is 0. The third kappa shape index (κ3) is 9.89. The molecular weight excluding hydrogens is 1080 g/mol. The molecule has 0 spiro atoms. The van der Waals surface area contributed by atoms with E-state index in [0.717, 1.165) is 0 Å². The Hall–Kier alpha value is -0.409. The van der Waals surface area contributed by atoms with Crippen LogP contribution in [0.15, 0.2) is 170 Å². The van der Waals surface area contributed by atoms with E-state index in [0.29, 0.717) is 0 Å². The Morgan fingerprint density at radius 1 is 0.404 bits per heavy atom. The smallest absolute Gasteiger partial charge is 2.00 e. The minimum absolute atomic E-state index is 0. The first kappa shape index (κ1) is 39.4. The van der Waals surface area contributed by atoms with Crippen molar-refractivity contribution in [2.45, 2.75) is 34.3 Å². The monoisotopic (exact) mass is 1130 g/mol. The summed E-state index contributed by atoms with van der Waals surface area (Å²) in [5.74, 6) is 0. The molecule has 0 fully saturated rings. The molecule has 6 rings (SSSR count). The van der Waals surface area contributed by atoms with Gasteiger partial charge in [0.25, 0.3) is 0 Å². The topological polar surface area (TPSA) is 0 Å². The van der Waals surface area contributed by atoms with Crippen LogP contribution in [0.25, 0.3) is 0 Å². The molecule has 0 nitrogen and oxygen atoms in total. The molecule has 242 valence electrons. The van der Waals surface area contributed by atoms with Gasteiger partial charge in [0.15, 0.2) is 0 Å². The maximum absolute atomic E-state index is 2.90. The van der Waals surface area contributed by atoms with Crippen LogP contribution in [-0.2, 0) is 17.1 Å². The van der Waals surface area contributed by atoms with E-state index >= 15 is 0 Å². The number of rotatable bonds is 10. The van der Waals surface area contributed by atoms with E-state index in [9.17, 15) is 0 Å². The van der Waals surface area contributed by atoms with Crippen molar-refractivity contribution >= 4 is 107 Å². The third-order valence-electron chi connectivity index (χ3n) is 9.18. The average molecular weight is 1130 g/mol. The van der Waals surface area contributed by atoms with Crippen molar-refractivity contribution in [3.05, 3.63) is 170 Å². The molecule has 47 heavy (non-hydrogen) atoms. The van der Waals surface area contributed by atoms with Crippen molar-refractivity contribution in [3.8, 4) is 0 Å². The van der Waals surface area contributed by atoms with Gasteiger partial charge in [0.05, 0.1) is 0 Å². The first-order valence-electron chi connectivity index (χ1n) is 16.1. The standard InChI is InChI=1S/2C8H12Si.4C6H5.Fe.2HI.2Sn/c2*1-9(2,3)8-6-4-5-7-8;4*1-2-4-6-5-3-1;;;;;/h2*4-7H,1H2,2-3H3;4*1-5H;;2*1H;;/q2*-1;;;;;+2;;;2*+1/p-2. The molecule has 0 N–H and O–H groups in total. The molecule has 0 amide bonds. The first-order chi connectivity index (χ1) is 22.0. The first-order valence-corrected chi connectivity index (χ1v) is 48.9. The Kier molecular flexibility index (Phi) is 14.8. The second-order valence-corrected chi connectivity index (χ2v) is 69.4. The van der Waals surface area contributed by atoms with E-state index in [-0.39, 0.29) is 17.1 Å². The Bertz CT molecular complexity index is 1530. The van der Waals surface area contributed by atoms with Gasteiger partial charge in [0.2, 0.25) is 0 Å². The van der Waals surface area contributed by atoms with E-state index < -0.39 is 45.0 Å². The predicted octanol–water partition coefficient (Wildman–Crippen LogP) is 8.11. The van der Waals surface area contributed by atoms with Gasteiger partial charge < -0.3 is 0 Å². The second kappa shape index (κ2) is 17.7. The molecule has 0 saturated heterocycles. The van der Waals surface area contributed by atoms with Crippen LogP contribution in [0.3, 0.4) is 0 Å². The van der Waals surface area contributed by atoms with Gasteiger partial charge in [0.1, 0.15) is 0 Å². The third-order valence-corrected chi connectivity index (χ3v) is 85.5. The predicted molar refractivity (Wildman–Crippen MR) is 232 cm³/mol. The summed E-state index contributed by atoms with van der Waals surface area (Å²) in [4.78, 5) is 0. The molecule has 0 aromatic heterocycles. The number of benzene rings is 4. The van der Waals surface area contributed by atoms with Crippen LogP contribution in [-0.4, -0.2) is 45.0 Å². The van der Waals surface area contributed by atoms with E-state index in [1.165, 1.54) is 8.12 Å². The minimum atomic E-state index is -2.67. The normalized spacial score (nSPS) is 12.0. The fourth-order valence-corrected chi connectivity index (χ4v) is 102. The Labute approximate surface area is 323 Å². The average Bonchev–Trinajstić information content (AvgIpc) is 3.83. The number of hydrogen-bond donors (Lipinski definition) is 0. The van der Waals surface area contributed by atoms with Gasteiger partial charge >= 0.3 is 328 Å². The summed E-state index contributed by atoms with van der Waals surface area (Å²) in [6, 6.07) is 63.3. The van der Waals surface area contributed by atoms with Crippen LogP contribution in [0.1, 0.15) is 0 Å². The number of halogens is 2. The van der Waals surface area contributed by atoms with Gasteiger partial charge in [-0.15, -0.1) is 0 Å². The summed E-state index contributed by atoms with van der Waals surface area (Å²) in [5, 5.41) is 3.20. The van der Waals surface area contributed by atoms with Crippen molar-refractivity contribution in [2.75, 3.05) is 0 Å². The molecule has 0 aliphatic heterocycles. The Morgan fingerprint density at radius 2 is 0.617 bits per heavy atom. The van der Waals surface area contributed by atoms with Crippen LogP contribution in [0.4, 0.5) is 0 Å². The summed E-state index contributed by atoms with van der Waals surface area (Å²) in [6.45, 7) is 10.2. The van der Waals surface area contributed by atoms with Crippen molar-refractivity contribution < 1.29 is 17.1 Å². The Balaban J connectivity index is 0.000000208. The van der Waals surface area contributed by atoms with Crippen LogP contribution in [0.5, 0.6) is 0 Å². The number of hydrogen-bond acceptors (Lipinski definition) is 0. The van der Waals surface area contributed by atoms with Crippen LogP contribution < -0.4 is 24.7 Å². The zero-order chi connectivity index (χ0) is 32.7. The summed E-state index contributed by atoms with van der Waals surface area (Å²) in [7, 11) is -2.88. The van der Waals surface area contributed by atoms with E-state index in [4.69, 9.17) is 0 Å². The maximum Gasteiger partial charge on any atom is 2.00 e. The molecule has 6 aromatic carbocycles. The molecular formula is C40H44FeI2Si2Sn2. The van der Waals surface area contributed by atoms with Crippen molar-refractivity contribution in [3.63, 3.8) is 0 Å². The molecule has 0 radical (unpaired) electrons. The van der Waals surface area contributed by atoms with Crippen LogP contribution >= 0.6 is 37.3 Å². The molecule has 0 aliphatic rings. The zero-order valence-corrected chi connectivity index (χ0v) is 40.8. The van der Waals surface area contributed by atoms with Crippen molar-refractivity contribution in [1.82, 2.24) is 0 Å². The van der Waals surface area contributed by atoms with E-state index in [1.807, 2.05) is 0 Å². The molecule has 0 aliphatic carbocycles. The second-order valence-electron chi connectivity index (χ2n) is 13.5. The van der Waals surface area contributed by atoms with Gasteiger partial charge in [-0.1, -0.05) is 0 Å². The van der Waals surface area contributed by atoms with Gasteiger partial charge in [-0.25, -0.2) is 0 Å². The molecule has 0 atom stereocenters. The summed E-state index contributed by atoms with van der Waals surface area (Å²) >= 11 is 0.455. The van der Waals surface area contributed by atoms with Crippen LogP contribution in [0.2, 0.25) is 34.3 Å². The molecule has 6 aromatic rings. The van der Waals surface area contributed by atoms with E-state index in [1.54, 1.807) is 24.7 Å². The summed E-state index contributed by atoms with van der Waals surface area (Å²) in [5.41, 5.74) is 0. The maximum atomic E-state index is 2.90. The molecule has 0 bridgehead atoms. The van der Waals surface area contributed by atoms with Crippen molar-refractivity contribution in [1.29, 1.82) is 0 Å². The minimum Gasteiger partial charge on any atom is 2.00 e. The largest absolute Gasteiger partial charge is 2.00 e. The quantitative estimate of drug-likeness (QED) is 0.0740. The van der Waals surface area contributed by atoms with Crippen LogP contribution in [0, 0.1) is 0 Å². The molecule has 0 saturated carbocycles. The SMILES string of the molecule is C[Si](C)([CH2][Sn]([I])([c]1ccccc1)[c]1ccccc1)[c-]1cccc1.C[Si](C)([CH2][Sn]([I])([c]1ccccc1)[c]1ccccc1)[c-]1cccc1.[Fe+2].